The van der Waals surface area contributed by atoms with E-state index in [0.29, 0.717) is 24.5 Å². The second kappa shape index (κ2) is 21.2. The summed E-state index contributed by atoms with van der Waals surface area (Å²) in [7, 11) is -2.96. The van der Waals surface area contributed by atoms with Crippen molar-refractivity contribution >= 4 is 43.6 Å². The Bertz CT molecular complexity index is 1630. The summed E-state index contributed by atoms with van der Waals surface area (Å²) in [6.45, 7) is 4.42. The maximum Gasteiger partial charge on any atom is 0.510 e. The van der Waals surface area contributed by atoms with Crippen LogP contribution in [0.15, 0.2) is 36.4 Å². The molecule has 55 heavy (non-hydrogen) atoms. The normalized spacial score (nSPS) is 16.2. The molecule has 1 aromatic heterocycles. The molecular weight excluding hydrogens is 747 g/mol. The maximum atomic E-state index is 14.2. The number of benzene rings is 1. The highest BCUT2D eigenvalue weighted by Gasteiger charge is 2.39. The summed E-state index contributed by atoms with van der Waals surface area (Å²) >= 11 is 0. The molecule has 0 unspecified atom stereocenters. The van der Waals surface area contributed by atoms with Gasteiger partial charge in [-0.05, 0) is 27.2 Å². The number of hydrogen-bond acceptors (Lipinski definition) is 17. The smallest absolute Gasteiger partial charge is 0.450 e. The van der Waals surface area contributed by atoms with Crippen molar-refractivity contribution < 1.29 is 66.0 Å². The lowest BCUT2D eigenvalue weighted by atomic mass is 10.2. The molecule has 0 bridgehead atoms. The Balaban J connectivity index is 1.65. The van der Waals surface area contributed by atoms with E-state index in [0.717, 1.165) is 6.42 Å². The van der Waals surface area contributed by atoms with E-state index in [2.05, 4.69) is 10.3 Å². The van der Waals surface area contributed by atoms with Gasteiger partial charge in [0, 0.05) is 58.0 Å². The molecule has 0 aliphatic carbocycles. The molecule has 0 radical (unpaired) electrons. The number of carbonyl (C=O) groups is 5. The number of anilines is 1. The van der Waals surface area contributed by atoms with E-state index in [4.69, 9.17) is 42.5 Å². The topological polar surface area (TPSA) is 224 Å². The lowest BCUT2D eigenvalue weighted by Gasteiger charge is -2.36. The first-order chi connectivity index (χ1) is 26.5. The van der Waals surface area contributed by atoms with Gasteiger partial charge in [-0.3, -0.25) is 23.2 Å². The number of nitrogens with one attached hydrogen (secondary N) is 1. The number of hydrogen-bond donors (Lipinski definition) is 1. The predicted molar refractivity (Wildman–Crippen MR) is 192 cm³/mol. The van der Waals surface area contributed by atoms with Gasteiger partial charge in [-0.25, -0.2) is 24.4 Å². The molecule has 0 spiro atoms. The minimum absolute atomic E-state index is 0.0200. The average Bonchev–Trinajstić information content (AvgIpc) is 3.68. The van der Waals surface area contributed by atoms with Crippen LogP contribution in [0.25, 0.3) is 11.4 Å². The van der Waals surface area contributed by atoms with Gasteiger partial charge in [0.05, 0.1) is 32.1 Å². The second-order valence-electron chi connectivity index (χ2n) is 11.9. The van der Waals surface area contributed by atoms with Gasteiger partial charge < -0.3 is 48.4 Å². The van der Waals surface area contributed by atoms with E-state index in [1.54, 1.807) is 52.1 Å². The molecule has 21 heteroatoms. The summed E-state index contributed by atoms with van der Waals surface area (Å²) in [6.07, 6.45) is -2.95. The van der Waals surface area contributed by atoms with E-state index < -0.39 is 63.6 Å². The van der Waals surface area contributed by atoms with Crippen LogP contribution in [0.4, 0.5) is 20.2 Å². The number of amides is 3. The summed E-state index contributed by atoms with van der Waals surface area (Å²) < 4.78 is 54.5. The molecule has 2 fully saturated rings. The highest BCUT2D eigenvalue weighted by molar-refractivity contribution is 7.54. The number of methoxy groups -OCH3 is 1. The molecule has 1 aromatic carbocycles. The van der Waals surface area contributed by atoms with Crippen LogP contribution in [0, 0.1) is 0 Å². The largest absolute Gasteiger partial charge is 0.510 e. The molecule has 2 aliphatic heterocycles. The van der Waals surface area contributed by atoms with Crippen LogP contribution in [0.5, 0.6) is 0 Å². The molecule has 2 atom stereocenters. The summed E-state index contributed by atoms with van der Waals surface area (Å²) in [6, 6.07) is 8.86. The van der Waals surface area contributed by atoms with Crippen molar-refractivity contribution in [3.63, 3.8) is 0 Å². The number of carbonyl (C=O) groups excluding carboxylic acids is 5. The Morgan fingerprint density at radius 2 is 1.42 bits per heavy atom. The van der Waals surface area contributed by atoms with Crippen LogP contribution in [0.3, 0.4) is 0 Å². The average molecular weight is 795 g/mol. The molecule has 3 heterocycles. The third-order valence-electron chi connectivity index (χ3n) is 8.28. The van der Waals surface area contributed by atoms with Crippen LogP contribution < -0.4 is 10.2 Å². The fourth-order valence-corrected chi connectivity index (χ4v) is 6.92. The molecule has 0 saturated carbocycles. The minimum atomic E-state index is -4.58. The maximum absolute atomic E-state index is 14.2. The van der Waals surface area contributed by atoms with Crippen molar-refractivity contribution in [1.82, 2.24) is 25.1 Å². The number of aromatic nitrogens is 2. The fourth-order valence-electron chi connectivity index (χ4n) is 5.51. The van der Waals surface area contributed by atoms with Gasteiger partial charge in [-0.1, -0.05) is 30.3 Å². The SMILES string of the molecule is CCOC(=O)OCOP(=O)(C[C@@H](NC(=O)c1cc(N2CC[C@H](OC)C2)nc(-c2ccccc2)n1)C(=O)N1CCN(C(=O)OCC)CC1)OCOC(=O)OCC. The van der Waals surface area contributed by atoms with E-state index in [1.807, 2.05) is 11.0 Å². The predicted octanol–water partition coefficient (Wildman–Crippen LogP) is 3.26. The minimum Gasteiger partial charge on any atom is -0.450 e. The van der Waals surface area contributed by atoms with Crippen LogP contribution in [-0.2, 0) is 46.8 Å². The number of ether oxygens (including phenoxy) is 6. The molecular formula is C34H47N6O14P. The van der Waals surface area contributed by atoms with Crippen LogP contribution in [-0.4, -0.2) is 148 Å². The van der Waals surface area contributed by atoms with Gasteiger partial charge in [0.2, 0.25) is 19.5 Å². The Hall–Kier alpha value is -5.04. The van der Waals surface area contributed by atoms with Crippen LogP contribution in [0.1, 0.15) is 37.7 Å². The van der Waals surface area contributed by atoms with Crippen LogP contribution in [0.2, 0.25) is 0 Å². The quantitative estimate of drug-likeness (QED) is 0.105. The fraction of sp³-hybridized carbons (Fsp3) is 0.559. The van der Waals surface area contributed by atoms with Crippen molar-refractivity contribution in [3.05, 3.63) is 42.1 Å². The highest BCUT2D eigenvalue weighted by Crippen LogP contribution is 2.49. The number of piperazine rings is 1. The molecule has 3 amide bonds. The van der Waals surface area contributed by atoms with Crippen molar-refractivity contribution in [2.45, 2.75) is 39.3 Å². The standard InChI is InChI=1S/C34H47N6O14P/c1-5-48-32(43)39-17-15-38(16-18-39)31(42)27(21-55(46,53-22-51-33(44)49-6-2)54-23-52-34(45)50-7-3)36-30(41)26-19-28(40-14-13-25(20-40)47-4)37-29(35-26)24-11-9-8-10-12-24/h8-12,19,25,27H,5-7,13-18,20-23H2,1-4H3,(H,36,41)/t25-,27+/m0/s1. The molecule has 2 saturated heterocycles. The molecule has 302 valence electrons. The zero-order valence-electron chi connectivity index (χ0n) is 31.2. The van der Waals surface area contributed by atoms with E-state index in [-0.39, 0.29) is 63.6 Å². The Morgan fingerprint density at radius 3 is 1.98 bits per heavy atom. The molecule has 1 N–H and O–H groups in total. The molecule has 4 rings (SSSR count). The van der Waals surface area contributed by atoms with Crippen molar-refractivity contribution in [2.24, 2.45) is 0 Å². The van der Waals surface area contributed by atoms with Gasteiger partial charge in [-0.2, -0.15) is 0 Å². The monoisotopic (exact) mass is 794 g/mol. The summed E-state index contributed by atoms with van der Waals surface area (Å²) in [5.41, 5.74) is 0.519. The first-order valence-electron chi connectivity index (χ1n) is 17.7. The molecule has 20 nitrogen and oxygen atoms in total. The zero-order chi connectivity index (χ0) is 39.8. The molecule has 2 aliphatic rings. The summed E-state index contributed by atoms with van der Waals surface area (Å²) in [4.78, 5) is 78.3. The van der Waals surface area contributed by atoms with Gasteiger partial charge in [0.25, 0.3) is 5.91 Å². The third-order valence-corrected chi connectivity index (χ3v) is 10.1. The third kappa shape index (κ3) is 12.8. The highest BCUT2D eigenvalue weighted by atomic mass is 31.2. The Morgan fingerprint density at radius 1 is 0.818 bits per heavy atom. The van der Waals surface area contributed by atoms with Gasteiger partial charge in [-0.15, -0.1) is 0 Å². The van der Waals surface area contributed by atoms with Crippen molar-refractivity contribution in [3.8, 4) is 11.4 Å². The number of rotatable bonds is 17. The van der Waals surface area contributed by atoms with E-state index >= 15 is 0 Å². The first kappa shape index (κ1) is 42.7. The van der Waals surface area contributed by atoms with Gasteiger partial charge in [0.1, 0.15) is 17.6 Å². The van der Waals surface area contributed by atoms with Crippen molar-refractivity contribution in [2.75, 3.05) is 90.8 Å². The lowest BCUT2D eigenvalue weighted by Crippen LogP contribution is -2.57. The van der Waals surface area contributed by atoms with Crippen LogP contribution >= 0.6 is 7.60 Å². The first-order valence-corrected chi connectivity index (χ1v) is 19.4. The summed E-state index contributed by atoms with van der Waals surface area (Å²) in [5, 5.41) is 2.63. The Kier molecular flexibility index (Phi) is 16.4. The van der Waals surface area contributed by atoms with E-state index in [9.17, 15) is 28.5 Å². The molecule has 2 aromatic rings. The van der Waals surface area contributed by atoms with Crippen molar-refractivity contribution in [1.29, 1.82) is 0 Å². The lowest BCUT2D eigenvalue weighted by molar-refractivity contribution is -0.134. The summed E-state index contributed by atoms with van der Waals surface area (Å²) in [5.74, 6) is -0.849. The number of nitrogens with zero attached hydrogens (tertiary/aromatic N) is 5. The second-order valence-corrected chi connectivity index (χ2v) is 14.0. The van der Waals surface area contributed by atoms with E-state index in [1.165, 1.54) is 15.9 Å². The Labute approximate surface area is 318 Å². The van der Waals surface area contributed by atoms with Gasteiger partial charge in [0.15, 0.2) is 5.82 Å². The zero-order valence-corrected chi connectivity index (χ0v) is 32.1. The van der Waals surface area contributed by atoms with Gasteiger partial charge >= 0.3 is 26.0 Å².